The van der Waals surface area contributed by atoms with Gasteiger partial charge in [-0.3, -0.25) is 4.79 Å². The summed E-state index contributed by atoms with van der Waals surface area (Å²) in [5.74, 6) is 0.159. The van der Waals surface area contributed by atoms with E-state index in [1.54, 1.807) is 18.2 Å². The number of aromatic amines is 1. The van der Waals surface area contributed by atoms with Crippen LogP contribution in [0.3, 0.4) is 0 Å². The van der Waals surface area contributed by atoms with Gasteiger partial charge in [0.05, 0.1) is 5.69 Å². The molecule has 0 amide bonds. The molecule has 3 rings (SSSR count). The van der Waals surface area contributed by atoms with E-state index in [4.69, 9.17) is 0 Å². The van der Waals surface area contributed by atoms with Gasteiger partial charge in [0.25, 0.3) is 5.56 Å². The first-order valence-corrected chi connectivity index (χ1v) is 5.91. The minimum atomic E-state index is -0.156. The zero-order valence-electron chi connectivity index (χ0n) is 9.73. The minimum absolute atomic E-state index is 0.156. The Bertz CT molecular complexity index is 649. The molecule has 0 atom stereocenters. The third kappa shape index (κ3) is 1.64. The first-order chi connectivity index (χ1) is 8.77. The van der Waals surface area contributed by atoms with Crippen LogP contribution in [0.1, 0.15) is 12.0 Å². The number of para-hydroxylation sites is 1. The van der Waals surface area contributed by atoms with Gasteiger partial charge in [0.1, 0.15) is 11.4 Å². The van der Waals surface area contributed by atoms with E-state index >= 15 is 0 Å². The molecule has 0 spiro atoms. The van der Waals surface area contributed by atoms with E-state index in [1.807, 2.05) is 6.07 Å². The Balaban J connectivity index is 2.25. The number of rotatable bonds is 1. The number of benzene rings is 1. The summed E-state index contributed by atoms with van der Waals surface area (Å²) >= 11 is 0. The number of anilines is 1. The number of hydrogen-bond acceptors (Lipinski definition) is 4. The van der Waals surface area contributed by atoms with E-state index in [0.717, 1.165) is 30.6 Å². The molecule has 18 heavy (non-hydrogen) atoms. The average Bonchev–Trinajstić information content (AvgIpc) is 2.41. The van der Waals surface area contributed by atoms with Gasteiger partial charge >= 0.3 is 0 Å². The third-order valence-electron chi connectivity index (χ3n) is 3.15. The van der Waals surface area contributed by atoms with Crippen molar-refractivity contribution in [1.29, 1.82) is 0 Å². The second-order valence-corrected chi connectivity index (χ2v) is 4.30. The number of H-pyrrole nitrogens is 1. The predicted octanol–water partition coefficient (Wildman–Crippen LogP) is 1.50. The van der Waals surface area contributed by atoms with Gasteiger partial charge in [-0.1, -0.05) is 12.1 Å². The molecule has 0 aliphatic carbocycles. The molecule has 0 fully saturated rings. The highest BCUT2D eigenvalue weighted by Gasteiger charge is 2.19. The zero-order valence-corrected chi connectivity index (χ0v) is 9.73. The molecule has 92 valence electrons. The molecule has 5 nitrogen and oxygen atoms in total. The Kier molecular flexibility index (Phi) is 2.51. The van der Waals surface area contributed by atoms with E-state index in [-0.39, 0.29) is 11.3 Å². The largest absolute Gasteiger partial charge is 0.507 e. The Labute approximate surface area is 103 Å². The number of fused-ring (bicyclic) bond motifs is 1. The fourth-order valence-corrected chi connectivity index (χ4v) is 2.26. The van der Waals surface area contributed by atoms with Gasteiger partial charge < -0.3 is 10.4 Å². The van der Waals surface area contributed by atoms with Crippen molar-refractivity contribution in [2.24, 2.45) is 0 Å². The monoisotopic (exact) mass is 243 g/mol. The van der Waals surface area contributed by atoms with Gasteiger partial charge in [-0.2, -0.15) is 5.10 Å². The molecule has 0 saturated heterocycles. The van der Waals surface area contributed by atoms with Crippen molar-refractivity contribution in [1.82, 2.24) is 10.2 Å². The molecule has 1 aromatic heterocycles. The van der Waals surface area contributed by atoms with Crippen molar-refractivity contribution in [3.63, 3.8) is 0 Å². The molecule has 1 aliphatic heterocycles. The number of phenols is 1. The van der Waals surface area contributed by atoms with Crippen molar-refractivity contribution in [2.75, 3.05) is 11.9 Å². The van der Waals surface area contributed by atoms with E-state index in [0.29, 0.717) is 11.3 Å². The van der Waals surface area contributed by atoms with Crippen LogP contribution in [0.2, 0.25) is 0 Å². The number of nitrogens with zero attached hydrogens (tertiary/aromatic N) is 1. The molecule has 2 heterocycles. The fourth-order valence-electron chi connectivity index (χ4n) is 2.26. The van der Waals surface area contributed by atoms with E-state index < -0.39 is 0 Å². The lowest BCUT2D eigenvalue weighted by Gasteiger charge is -2.19. The van der Waals surface area contributed by atoms with Crippen LogP contribution in [0.25, 0.3) is 11.3 Å². The normalized spacial score (nSPS) is 13.8. The third-order valence-corrected chi connectivity index (χ3v) is 3.15. The number of aromatic hydroxyl groups is 1. The van der Waals surface area contributed by atoms with Crippen LogP contribution in [-0.4, -0.2) is 21.8 Å². The van der Waals surface area contributed by atoms with Crippen molar-refractivity contribution >= 4 is 5.69 Å². The lowest BCUT2D eigenvalue weighted by Crippen LogP contribution is -2.24. The van der Waals surface area contributed by atoms with E-state index in [2.05, 4.69) is 15.5 Å². The first kappa shape index (κ1) is 10.8. The predicted molar refractivity (Wildman–Crippen MR) is 68.8 cm³/mol. The van der Waals surface area contributed by atoms with Crippen LogP contribution >= 0.6 is 0 Å². The Morgan fingerprint density at radius 1 is 1.28 bits per heavy atom. The van der Waals surface area contributed by atoms with Crippen LogP contribution in [0.15, 0.2) is 29.1 Å². The van der Waals surface area contributed by atoms with Gasteiger partial charge in [0.15, 0.2) is 0 Å². The maximum absolute atomic E-state index is 11.7. The van der Waals surface area contributed by atoms with Crippen LogP contribution in [0.4, 0.5) is 5.69 Å². The summed E-state index contributed by atoms with van der Waals surface area (Å²) in [4.78, 5) is 11.7. The lowest BCUT2D eigenvalue weighted by atomic mass is 10.0. The summed E-state index contributed by atoms with van der Waals surface area (Å²) in [6.07, 6.45) is 1.67. The number of hydrogen-bond donors (Lipinski definition) is 3. The Hall–Kier alpha value is -2.30. The fraction of sp³-hybridized carbons (Fsp3) is 0.231. The Morgan fingerprint density at radius 2 is 2.11 bits per heavy atom. The maximum Gasteiger partial charge on any atom is 0.269 e. The average molecular weight is 243 g/mol. The van der Waals surface area contributed by atoms with Gasteiger partial charge in [-0.15, -0.1) is 0 Å². The van der Waals surface area contributed by atoms with Crippen molar-refractivity contribution in [3.8, 4) is 17.0 Å². The second-order valence-electron chi connectivity index (χ2n) is 4.30. The van der Waals surface area contributed by atoms with Gasteiger partial charge in [-0.05, 0) is 25.0 Å². The van der Waals surface area contributed by atoms with Crippen LogP contribution in [0, 0.1) is 0 Å². The van der Waals surface area contributed by atoms with E-state index in [1.165, 1.54) is 0 Å². The van der Waals surface area contributed by atoms with Gasteiger partial charge in [0, 0.05) is 17.7 Å². The van der Waals surface area contributed by atoms with Crippen LogP contribution < -0.4 is 10.9 Å². The summed E-state index contributed by atoms with van der Waals surface area (Å²) in [6.45, 7) is 0.818. The lowest BCUT2D eigenvalue weighted by molar-refractivity contribution is 0.477. The topological polar surface area (TPSA) is 78.0 Å². The summed E-state index contributed by atoms with van der Waals surface area (Å²) in [7, 11) is 0. The molecular weight excluding hydrogens is 230 g/mol. The van der Waals surface area contributed by atoms with Crippen molar-refractivity contribution in [3.05, 3.63) is 40.2 Å². The van der Waals surface area contributed by atoms with E-state index in [9.17, 15) is 9.90 Å². The second kappa shape index (κ2) is 4.18. The SMILES string of the molecule is O=c1[nH]nc(-c2ccccc2O)c2c1CCCN2. The van der Waals surface area contributed by atoms with Gasteiger partial charge in [0.2, 0.25) is 0 Å². The number of nitrogens with one attached hydrogen (secondary N) is 2. The first-order valence-electron chi connectivity index (χ1n) is 5.91. The highest BCUT2D eigenvalue weighted by atomic mass is 16.3. The Morgan fingerprint density at radius 3 is 2.94 bits per heavy atom. The molecule has 5 heteroatoms. The summed E-state index contributed by atoms with van der Waals surface area (Å²) in [6, 6.07) is 6.98. The highest BCUT2D eigenvalue weighted by molar-refractivity contribution is 5.80. The molecule has 0 radical (unpaired) electrons. The molecular formula is C13H13N3O2. The van der Waals surface area contributed by atoms with Crippen LogP contribution in [-0.2, 0) is 6.42 Å². The smallest absolute Gasteiger partial charge is 0.269 e. The maximum atomic E-state index is 11.7. The van der Waals surface area contributed by atoms with Crippen molar-refractivity contribution in [2.45, 2.75) is 12.8 Å². The minimum Gasteiger partial charge on any atom is -0.507 e. The molecule has 1 aliphatic rings. The molecule has 1 aromatic carbocycles. The molecule has 0 saturated carbocycles. The van der Waals surface area contributed by atoms with Crippen LogP contribution in [0.5, 0.6) is 5.75 Å². The molecule has 0 bridgehead atoms. The number of phenolic OH excluding ortho intramolecular Hbond substituents is 1. The quantitative estimate of drug-likeness (QED) is 0.709. The summed E-state index contributed by atoms with van der Waals surface area (Å²) < 4.78 is 0. The standard InChI is InChI=1S/C13H13N3O2/c17-10-6-2-1-4-8(10)12-11-9(5-3-7-14-11)13(18)16-15-12/h1-2,4,6,14,17H,3,5,7H2,(H,16,18). The summed E-state index contributed by atoms with van der Waals surface area (Å²) in [5.41, 5.74) is 2.53. The molecule has 3 N–H and O–H groups in total. The highest BCUT2D eigenvalue weighted by Crippen LogP contribution is 2.34. The molecule has 2 aromatic rings. The number of aromatic nitrogens is 2. The van der Waals surface area contributed by atoms with Gasteiger partial charge in [-0.25, -0.2) is 5.10 Å². The summed E-state index contributed by atoms with van der Waals surface area (Å²) in [5, 5.41) is 19.6. The van der Waals surface area contributed by atoms with Crippen molar-refractivity contribution < 1.29 is 5.11 Å². The zero-order chi connectivity index (χ0) is 12.5. The molecule has 0 unspecified atom stereocenters.